The van der Waals surface area contributed by atoms with E-state index < -0.39 is 13.9 Å². The summed E-state index contributed by atoms with van der Waals surface area (Å²) in [5.74, 6) is 7.25. The first-order valence-corrected chi connectivity index (χ1v) is 12.9. The third-order valence-corrected chi connectivity index (χ3v) is 6.55. The van der Waals surface area contributed by atoms with Crippen LogP contribution < -0.4 is 0 Å². The van der Waals surface area contributed by atoms with Crippen LogP contribution in [0.25, 0.3) is 0 Å². The number of aliphatic hydroxyl groups is 1. The second-order valence-corrected chi connectivity index (χ2v) is 14.0. The first kappa shape index (κ1) is 19.8. The van der Waals surface area contributed by atoms with Crippen molar-refractivity contribution in [1.29, 1.82) is 0 Å². The lowest BCUT2D eigenvalue weighted by molar-refractivity contribution is 0.0203. The van der Waals surface area contributed by atoms with E-state index in [9.17, 15) is 5.11 Å². The largest absolute Gasteiger partial charge is 0.414 e. The summed E-state index contributed by atoms with van der Waals surface area (Å²) >= 11 is 0. The Kier molecular flexibility index (Phi) is 5.75. The second-order valence-electron chi connectivity index (χ2n) is 9.55. The van der Waals surface area contributed by atoms with Crippen LogP contribution in [-0.4, -0.2) is 25.1 Å². The van der Waals surface area contributed by atoms with Gasteiger partial charge < -0.3 is 9.53 Å². The van der Waals surface area contributed by atoms with Crippen LogP contribution in [0.3, 0.4) is 0 Å². The van der Waals surface area contributed by atoms with E-state index >= 15 is 0 Å². The Morgan fingerprint density at radius 3 is 2.67 bits per heavy atom. The van der Waals surface area contributed by atoms with Gasteiger partial charge >= 0.3 is 0 Å². The van der Waals surface area contributed by atoms with Gasteiger partial charge in [-0.05, 0) is 70.0 Å². The molecule has 24 heavy (non-hydrogen) atoms. The van der Waals surface area contributed by atoms with Crippen molar-refractivity contribution in [1.82, 2.24) is 0 Å². The molecular weight excluding hydrogens is 312 g/mol. The normalized spacial score (nSPS) is 31.8. The smallest absolute Gasteiger partial charge is 0.184 e. The summed E-state index contributed by atoms with van der Waals surface area (Å²) in [5.41, 5.74) is 0.969. The fourth-order valence-corrected chi connectivity index (χ4v) is 5.80. The first-order valence-electron chi connectivity index (χ1n) is 9.53. The van der Waals surface area contributed by atoms with Crippen LogP contribution in [0, 0.1) is 29.1 Å². The molecule has 2 unspecified atom stereocenters. The molecule has 4 atom stereocenters. The molecule has 1 N–H and O–H groups in total. The molecule has 1 fully saturated rings. The van der Waals surface area contributed by atoms with Crippen LogP contribution in [0.5, 0.6) is 0 Å². The minimum atomic E-state index is -1.50. The highest BCUT2D eigenvalue weighted by molar-refractivity contribution is 6.69. The van der Waals surface area contributed by atoms with E-state index in [1.165, 1.54) is 19.3 Å². The second kappa shape index (κ2) is 6.98. The van der Waals surface area contributed by atoms with E-state index in [4.69, 9.17) is 4.43 Å². The lowest BCUT2D eigenvalue weighted by Crippen LogP contribution is -2.45. The van der Waals surface area contributed by atoms with Gasteiger partial charge in [-0.15, -0.1) is 0 Å². The Morgan fingerprint density at radius 2 is 2.08 bits per heavy atom. The molecule has 0 radical (unpaired) electrons. The predicted octanol–water partition coefficient (Wildman–Crippen LogP) is 5.14. The van der Waals surface area contributed by atoms with Crippen molar-refractivity contribution in [3.63, 3.8) is 0 Å². The lowest BCUT2D eigenvalue weighted by atomic mass is 9.63. The number of hydrogen-bond donors (Lipinski definition) is 1. The summed E-state index contributed by atoms with van der Waals surface area (Å²) in [7, 11) is -1.50. The predicted molar refractivity (Wildman–Crippen MR) is 104 cm³/mol. The van der Waals surface area contributed by atoms with Crippen LogP contribution in [0.2, 0.25) is 19.6 Å². The van der Waals surface area contributed by atoms with Crippen LogP contribution in [0.4, 0.5) is 0 Å². The Bertz CT molecular complexity index is 541. The zero-order valence-electron chi connectivity index (χ0n) is 16.7. The molecule has 136 valence electrons. The van der Waals surface area contributed by atoms with E-state index in [0.29, 0.717) is 17.9 Å². The van der Waals surface area contributed by atoms with Gasteiger partial charge in [-0.1, -0.05) is 43.8 Å². The van der Waals surface area contributed by atoms with Gasteiger partial charge in [0.05, 0.1) is 0 Å². The Labute approximate surface area is 150 Å². The molecular formula is C21H36O2Si. The maximum Gasteiger partial charge on any atom is 0.184 e. The quantitative estimate of drug-likeness (QED) is 0.433. The van der Waals surface area contributed by atoms with E-state index in [0.717, 1.165) is 12.8 Å². The molecule has 2 aliphatic carbocycles. The molecule has 0 bridgehead atoms. The third kappa shape index (κ3) is 4.75. The standard InChI is InChI=1S/C21H36O2Si/c1-16(10-8-14-20(2,3)22)17-12-13-18-19(23-24(5,6)7)11-9-15-21(17,18)4/h12,16,18-19,22H,9-11,13,15H2,1-7H3/t16-,18?,19?,21+/m0/s1. The van der Waals surface area contributed by atoms with Gasteiger partial charge in [-0.3, -0.25) is 0 Å². The highest BCUT2D eigenvalue weighted by Gasteiger charge is 2.49. The highest BCUT2D eigenvalue weighted by Crippen LogP contribution is 2.55. The number of allylic oxidation sites excluding steroid dienone is 2. The maximum absolute atomic E-state index is 9.78. The van der Waals surface area contributed by atoms with Crippen LogP contribution in [0.15, 0.2) is 11.6 Å². The molecule has 2 nitrogen and oxygen atoms in total. The van der Waals surface area contributed by atoms with Crippen molar-refractivity contribution in [3.05, 3.63) is 11.6 Å². The van der Waals surface area contributed by atoms with Gasteiger partial charge in [0.15, 0.2) is 8.32 Å². The van der Waals surface area contributed by atoms with Gasteiger partial charge in [0.2, 0.25) is 0 Å². The minimum absolute atomic E-state index is 0.276. The summed E-state index contributed by atoms with van der Waals surface area (Å²) in [5, 5.41) is 9.78. The molecule has 1 saturated carbocycles. The van der Waals surface area contributed by atoms with Crippen molar-refractivity contribution in [3.8, 4) is 11.8 Å². The molecule has 0 aromatic heterocycles. The SMILES string of the molecule is C[C@@H](CC#CC(C)(C)O)C1=CCC2C(O[Si](C)(C)C)CCC[C@]12C. The number of hydrogen-bond acceptors (Lipinski definition) is 2. The molecule has 3 heteroatoms. The van der Waals surface area contributed by atoms with Gasteiger partial charge in [0.1, 0.15) is 5.60 Å². The van der Waals surface area contributed by atoms with Crippen LogP contribution >= 0.6 is 0 Å². The van der Waals surface area contributed by atoms with Crippen LogP contribution in [-0.2, 0) is 4.43 Å². The number of fused-ring (bicyclic) bond motifs is 1. The number of rotatable bonds is 4. The Morgan fingerprint density at radius 1 is 1.42 bits per heavy atom. The monoisotopic (exact) mass is 348 g/mol. The molecule has 0 amide bonds. The van der Waals surface area contributed by atoms with Crippen molar-refractivity contribution >= 4 is 8.32 Å². The average Bonchev–Trinajstić information content (AvgIpc) is 2.73. The fourth-order valence-electron chi connectivity index (χ4n) is 4.61. The first-order chi connectivity index (χ1) is 10.9. The van der Waals surface area contributed by atoms with Gasteiger partial charge in [-0.25, -0.2) is 0 Å². The van der Waals surface area contributed by atoms with Gasteiger partial charge in [0.25, 0.3) is 0 Å². The maximum atomic E-state index is 9.78. The van der Waals surface area contributed by atoms with Gasteiger partial charge in [-0.2, -0.15) is 0 Å². The molecule has 0 saturated heterocycles. The van der Waals surface area contributed by atoms with E-state index in [2.05, 4.69) is 51.4 Å². The highest BCUT2D eigenvalue weighted by atomic mass is 28.4. The minimum Gasteiger partial charge on any atom is -0.414 e. The zero-order chi connectivity index (χ0) is 18.2. The molecule has 2 rings (SSSR count). The van der Waals surface area contributed by atoms with E-state index in [1.54, 1.807) is 19.4 Å². The molecule has 0 heterocycles. The Balaban J connectivity index is 2.10. The van der Waals surface area contributed by atoms with Crippen molar-refractivity contribution < 1.29 is 9.53 Å². The van der Waals surface area contributed by atoms with Crippen LogP contribution in [0.1, 0.15) is 59.8 Å². The summed E-state index contributed by atoms with van der Waals surface area (Å²) in [4.78, 5) is 0. The van der Waals surface area contributed by atoms with Gasteiger partial charge in [0, 0.05) is 12.5 Å². The summed E-state index contributed by atoms with van der Waals surface area (Å²) < 4.78 is 6.56. The van der Waals surface area contributed by atoms with E-state index in [1.807, 2.05) is 0 Å². The third-order valence-electron chi connectivity index (χ3n) is 5.54. The summed E-state index contributed by atoms with van der Waals surface area (Å²) in [6.45, 7) is 15.1. The summed E-state index contributed by atoms with van der Waals surface area (Å²) in [6.07, 6.45) is 8.66. The molecule has 0 aromatic carbocycles. The topological polar surface area (TPSA) is 29.5 Å². The lowest BCUT2D eigenvalue weighted by Gasteiger charge is -2.46. The molecule has 0 aromatic rings. The summed E-state index contributed by atoms with van der Waals surface area (Å²) in [6, 6.07) is 0. The fraction of sp³-hybridized carbons (Fsp3) is 0.810. The Hall–Kier alpha value is -0.563. The molecule has 0 aliphatic heterocycles. The molecule has 0 spiro atoms. The van der Waals surface area contributed by atoms with Crippen molar-refractivity contribution in [2.75, 3.05) is 0 Å². The molecule has 2 aliphatic rings. The van der Waals surface area contributed by atoms with E-state index in [-0.39, 0.29) is 5.41 Å². The average molecular weight is 349 g/mol. The zero-order valence-corrected chi connectivity index (χ0v) is 17.7. The van der Waals surface area contributed by atoms with Crippen molar-refractivity contribution in [2.24, 2.45) is 17.3 Å². The van der Waals surface area contributed by atoms with Crippen molar-refractivity contribution in [2.45, 2.75) is 91.1 Å².